The van der Waals surface area contributed by atoms with Gasteiger partial charge in [0.25, 0.3) is 0 Å². The summed E-state index contributed by atoms with van der Waals surface area (Å²) < 4.78 is 2.01. The maximum Gasteiger partial charge on any atom is 0.193 e. The first-order valence-corrected chi connectivity index (χ1v) is 7.25. The van der Waals surface area contributed by atoms with E-state index in [4.69, 9.17) is 10.9 Å². The molecule has 3 aromatic rings. The summed E-state index contributed by atoms with van der Waals surface area (Å²) in [7, 11) is 1.98. The summed E-state index contributed by atoms with van der Waals surface area (Å²) in [5.41, 5.74) is 8.29. The highest BCUT2D eigenvalue weighted by Gasteiger charge is 2.08. The number of nitrogens with two attached hydrogens (primary N) is 1. The maximum absolute atomic E-state index is 8.75. The number of hydrogen-bond donors (Lipinski definition) is 2. The minimum absolute atomic E-state index is 0.104. The Hall–Kier alpha value is -2.54. The summed E-state index contributed by atoms with van der Waals surface area (Å²) >= 11 is 1.61. The second kappa shape index (κ2) is 5.45. The van der Waals surface area contributed by atoms with Crippen LogP contribution in [0.25, 0.3) is 4.96 Å². The Bertz CT molecular complexity index is 763. The fourth-order valence-electron chi connectivity index (χ4n) is 2.15. The number of thiazole rings is 1. The van der Waals surface area contributed by atoms with Crippen LogP contribution in [0.5, 0.6) is 0 Å². The Morgan fingerprint density at radius 2 is 2.38 bits per heavy atom. The van der Waals surface area contributed by atoms with Crippen LogP contribution < -0.4 is 10.6 Å². The second-order valence-corrected chi connectivity index (χ2v) is 5.59. The largest absolute Gasteiger partial charge is 0.409 e. The van der Waals surface area contributed by atoms with Gasteiger partial charge in [0.15, 0.2) is 10.8 Å². The lowest BCUT2D eigenvalue weighted by atomic mass is 10.1. The minimum atomic E-state index is 0.104. The van der Waals surface area contributed by atoms with Crippen molar-refractivity contribution in [1.29, 1.82) is 0 Å². The Morgan fingerprint density at radius 3 is 3.14 bits per heavy atom. The molecule has 1 aromatic carbocycles. The highest BCUT2D eigenvalue weighted by atomic mass is 32.1. The zero-order valence-corrected chi connectivity index (χ0v) is 12.3. The normalized spacial score (nSPS) is 12.0. The lowest BCUT2D eigenvalue weighted by Gasteiger charge is -2.18. The zero-order chi connectivity index (χ0) is 14.8. The average molecular weight is 301 g/mol. The van der Waals surface area contributed by atoms with Gasteiger partial charge in [-0.2, -0.15) is 0 Å². The summed E-state index contributed by atoms with van der Waals surface area (Å²) in [4.78, 5) is 7.62. The van der Waals surface area contributed by atoms with Crippen molar-refractivity contribution in [2.24, 2.45) is 10.9 Å². The monoisotopic (exact) mass is 301 g/mol. The third-order valence-corrected chi connectivity index (χ3v) is 4.00. The van der Waals surface area contributed by atoms with E-state index in [0.29, 0.717) is 12.1 Å². The topological polar surface area (TPSA) is 79.2 Å². The van der Waals surface area contributed by atoms with E-state index < -0.39 is 0 Å². The van der Waals surface area contributed by atoms with Crippen molar-refractivity contribution >= 4 is 27.8 Å². The van der Waals surface area contributed by atoms with Gasteiger partial charge in [0.1, 0.15) is 0 Å². The predicted octanol–water partition coefficient (Wildman–Crippen LogP) is 2.13. The van der Waals surface area contributed by atoms with E-state index in [1.54, 1.807) is 17.4 Å². The standard InChI is InChI=1S/C14H15N5OS/c1-18(8-11-9-19-5-6-21-14(19)16-11)12-4-2-3-10(7-12)13(15)17-20/h2-7,9,20H,8H2,1H3,(H2,15,17). The molecule has 2 heterocycles. The van der Waals surface area contributed by atoms with Gasteiger partial charge in [-0.1, -0.05) is 17.3 Å². The number of aromatic nitrogens is 2. The smallest absolute Gasteiger partial charge is 0.193 e. The number of nitrogens with zero attached hydrogens (tertiary/aromatic N) is 4. The SMILES string of the molecule is CN(Cc1cn2ccsc2n1)c1cccc(/C(N)=N/O)c1. The number of anilines is 1. The predicted molar refractivity (Wildman–Crippen MR) is 84.1 cm³/mol. The number of benzene rings is 1. The molecule has 3 N–H and O–H groups in total. The van der Waals surface area contributed by atoms with Gasteiger partial charge in [0.2, 0.25) is 0 Å². The van der Waals surface area contributed by atoms with E-state index in [2.05, 4.69) is 15.0 Å². The third kappa shape index (κ3) is 2.68. The molecule has 0 unspecified atom stereocenters. The Morgan fingerprint density at radius 1 is 1.52 bits per heavy atom. The van der Waals surface area contributed by atoms with Crippen LogP contribution in [0.2, 0.25) is 0 Å². The van der Waals surface area contributed by atoms with Gasteiger partial charge in [0.05, 0.1) is 12.2 Å². The van der Waals surface area contributed by atoms with Crippen molar-refractivity contribution < 1.29 is 5.21 Å². The average Bonchev–Trinajstić information content (AvgIpc) is 3.07. The van der Waals surface area contributed by atoms with Gasteiger partial charge < -0.3 is 15.8 Å². The van der Waals surface area contributed by atoms with Crippen molar-refractivity contribution in [2.75, 3.05) is 11.9 Å². The molecule has 108 valence electrons. The Kier molecular flexibility index (Phi) is 3.49. The number of fused-ring (bicyclic) bond motifs is 1. The quantitative estimate of drug-likeness (QED) is 0.335. The number of rotatable bonds is 4. The lowest BCUT2D eigenvalue weighted by molar-refractivity contribution is 0.318. The van der Waals surface area contributed by atoms with Crippen LogP contribution in [0.15, 0.2) is 47.2 Å². The summed E-state index contributed by atoms with van der Waals surface area (Å²) in [6, 6.07) is 7.55. The number of imidazole rings is 1. The van der Waals surface area contributed by atoms with Crippen molar-refractivity contribution in [3.63, 3.8) is 0 Å². The molecular weight excluding hydrogens is 286 g/mol. The highest BCUT2D eigenvalue weighted by Crippen LogP contribution is 2.18. The van der Waals surface area contributed by atoms with Crippen molar-refractivity contribution in [3.8, 4) is 0 Å². The lowest BCUT2D eigenvalue weighted by Crippen LogP contribution is -2.18. The molecule has 0 atom stereocenters. The molecule has 2 aromatic heterocycles. The molecule has 6 nitrogen and oxygen atoms in total. The van der Waals surface area contributed by atoms with Crippen LogP contribution in [0, 0.1) is 0 Å². The first-order chi connectivity index (χ1) is 10.2. The molecule has 0 bridgehead atoms. The van der Waals surface area contributed by atoms with Gasteiger partial charge in [-0.25, -0.2) is 4.98 Å². The van der Waals surface area contributed by atoms with Crippen LogP contribution >= 0.6 is 11.3 Å². The van der Waals surface area contributed by atoms with Crippen molar-refractivity contribution in [2.45, 2.75) is 6.54 Å². The molecular formula is C14H15N5OS. The molecule has 0 aliphatic carbocycles. The number of oxime groups is 1. The summed E-state index contributed by atoms with van der Waals surface area (Å²) in [5, 5.41) is 13.8. The fraction of sp³-hybridized carbons (Fsp3) is 0.143. The first-order valence-electron chi connectivity index (χ1n) is 6.37. The molecule has 0 aliphatic heterocycles. The molecule has 0 spiro atoms. The summed E-state index contributed by atoms with van der Waals surface area (Å²) in [5.74, 6) is 0.104. The number of hydrogen-bond acceptors (Lipinski definition) is 5. The van der Waals surface area contributed by atoms with Gasteiger partial charge in [-0.3, -0.25) is 4.40 Å². The molecule has 0 amide bonds. The van der Waals surface area contributed by atoms with Crippen molar-refractivity contribution in [3.05, 3.63) is 53.3 Å². The molecule has 0 saturated heterocycles. The Balaban J connectivity index is 1.81. The maximum atomic E-state index is 8.75. The highest BCUT2D eigenvalue weighted by molar-refractivity contribution is 7.15. The van der Waals surface area contributed by atoms with Crippen LogP contribution in [-0.4, -0.2) is 27.5 Å². The minimum Gasteiger partial charge on any atom is -0.409 e. The van der Waals surface area contributed by atoms with Crippen LogP contribution in [0.3, 0.4) is 0 Å². The van der Waals surface area contributed by atoms with Gasteiger partial charge >= 0.3 is 0 Å². The van der Waals surface area contributed by atoms with Crippen molar-refractivity contribution in [1.82, 2.24) is 9.38 Å². The zero-order valence-electron chi connectivity index (χ0n) is 11.5. The second-order valence-electron chi connectivity index (χ2n) is 4.72. The Labute approximate surface area is 125 Å². The first kappa shape index (κ1) is 13.4. The van der Waals surface area contributed by atoms with Crippen LogP contribution in [0.1, 0.15) is 11.3 Å². The molecule has 0 aliphatic rings. The summed E-state index contributed by atoms with van der Waals surface area (Å²) in [6.45, 7) is 0.689. The van der Waals surface area contributed by atoms with E-state index in [0.717, 1.165) is 16.3 Å². The van der Waals surface area contributed by atoms with E-state index in [1.165, 1.54) is 0 Å². The fourth-order valence-corrected chi connectivity index (χ4v) is 2.87. The summed E-state index contributed by atoms with van der Waals surface area (Å²) in [6.07, 6.45) is 4.02. The van der Waals surface area contributed by atoms with E-state index in [9.17, 15) is 0 Å². The van der Waals surface area contributed by atoms with Gasteiger partial charge in [0, 0.05) is 36.1 Å². The molecule has 0 radical (unpaired) electrons. The molecule has 7 heteroatoms. The van der Waals surface area contributed by atoms with Crippen LogP contribution in [0.4, 0.5) is 5.69 Å². The van der Waals surface area contributed by atoms with E-state index >= 15 is 0 Å². The van der Waals surface area contributed by atoms with Gasteiger partial charge in [-0.05, 0) is 12.1 Å². The van der Waals surface area contributed by atoms with Gasteiger partial charge in [-0.15, -0.1) is 11.3 Å². The van der Waals surface area contributed by atoms with Crippen LogP contribution in [-0.2, 0) is 6.54 Å². The van der Waals surface area contributed by atoms with E-state index in [-0.39, 0.29) is 5.84 Å². The molecule has 0 fully saturated rings. The molecule has 0 saturated carbocycles. The molecule has 3 rings (SSSR count). The molecule has 21 heavy (non-hydrogen) atoms. The third-order valence-electron chi connectivity index (χ3n) is 3.23. The number of amidine groups is 1. The van der Waals surface area contributed by atoms with E-state index in [1.807, 2.05) is 47.4 Å².